The van der Waals surface area contributed by atoms with E-state index in [0.29, 0.717) is 12.4 Å². The molecule has 1 heterocycles. The van der Waals surface area contributed by atoms with E-state index in [1.807, 2.05) is 30.3 Å². The van der Waals surface area contributed by atoms with E-state index < -0.39 is 8.32 Å². The van der Waals surface area contributed by atoms with Gasteiger partial charge in [-0.15, -0.1) is 0 Å². The van der Waals surface area contributed by atoms with Crippen LogP contribution in [-0.4, -0.2) is 25.9 Å². The summed E-state index contributed by atoms with van der Waals surface area (Å²) in [6.07, 6.45) is 4.69. The molecule has 0 bridgehead atoms. The number of ether oxygens (including phenoxy) is 1. The molecule has 4 nitrogen and oxygen atoms in total. The Morgan fingerprint density at radius 3 is 2.48 bits per heavy atom. The lowest BCUT2D eigenvalue weighted by atomic mass is 10.2. The molecule has 1 amide bonds. The van der Waals surface area contributed by atoms with Crippen molar-refractivity contribution in [1.82, 2.24) is 4.90 Å². The van der Waals surface area contributed by atoms with Gasteiger partial charge in [-0.1, -0.05) is 51.1 Å². The maximum atomic E-state index is 12.7. The van der Waals surface area contributed by atoms with Crippen molar-refractivity contribution in [2.24, 2.45) is 0 Å². The SMILES string of the molecule is CC(C)(C)[Si](C)(C)OC1=CCCCCN1C(=O)OCc1ccccc1. The van der Waals surface area contributed by atoms with Crippen LogP contribution in [0, 0.1) is 0 Å². The van der Waals surface area contributed by atoms with Gasteiger partial charge < -0.3 is 9.16 Å². The van der Waals surface area contributed by atoms with Gasteiger partial charge in [0.2, 0.25) is 0 Å². The number of allylic oxidation sites excluding steroid dienone is 1. The van der Waals surface area contributed by atoms with Crippen molar-refractivity contribution in [2.45, 2.75) is 64.8 Å². The van der Waals surface area contributed by atoms with E-state index >= 15 is 0 Å². The standard InChI is InChI=1S/C20H31NO3Si/c1-20(2,3)25(4,5)24-18-14-10-7-11-15-21(18)19(22)23-16-17-12-8-6-9-13-17/h6,8-9,12-14H,7,10-11,15-16H2,1-5H3. The van der Waals surface area contributed by atoms with Gasteiger partial charge >= 0.3 is 6.09 Å². The second-order valence-electron chi connectivity index (χ2n) is 8.09. The molecule has 0 saturated carbocycles. The fourth-order valence-corrected chi connectivity index (χ4v) is 3.37. The van der Waals surface area contributed by atoms with Gasteiger partial charge in [0.1, 0.15) is 6.61 Å². The number of rotatable bonds is 4. The number of benzene rings is 1. The smallest absolute Gasteiger partial charge is 0.416 e. The van der Waals surface area contributed by atoms with Crippen molar-refractivity contribution >= 4 is 14.4 Å². The van der Waals surface area contributed by atoms with Gasteiger partial charge in [0, 0.05) is 6.54 Å². The minimum atomic E-state index is -2.01. The molecule has 138 valence electrons. The molecule has 0 N–H and O–H groups in total. The molecule has 25 heavy (non-hydrogen) atoms. The predicted molar refractivity (Wildman–Crippen MR) is 104 cm³/mol. The van der Waals surface area contributed by atoms with Crippen LogP contribution in [0.2, 0.25) is 18.1 Å². The number of carbonyl (C=O) groups excluding carboxylic acids is 1. The summed E-state index contributed by atoms with van der Waals surface area (Å²) < 4.78 is 12.0. The van der Waals surface area contributed by atoms with Crippen LogP contribution in [0.15, 0.2) is 42.3 Å². The van der Waals surface area contributed by atoms with Crippen LogP contribution < -0.4 is 0 Å². The number of hydrogen-bond donors (Lipinski definition) is 0. The highest BCUT2D eigenvalue weighted by Crippen LogP contribution is 2.38. The number of hydrogen-bond acceptors (Lipinski definition) is 3. The predicted octanol–water partition coefficient (Wildman–Crippen LogP) is 5.67. The Kier molecular flexibility index (Phi) is 6.33. The summed E-state index contributed by atoms with van der Waals surface area (Å²) in [5.74, 6) is 0.683. The lowest BCUT2D eigenvalue weighted by molar-refractivity contribution is 0.0908. The van der Waals surface area contributed by atoms with E-state index in [1.165, 1.54) is 0 Å². The van der Waals surface area contributed by atoms with Crippen LogP contribution in [-0.2, 0) is 15.8 Å². The third kappa shape index (κ3) is 5.36. The fourth-order valence-electron chi connectivity index (χ4n) is 2.35. The maximum Gasteiger partial charge on any atom is 0.416 e. The lowest BCUT2D eigenvalue weighted by Gasteiger charge is -2.39. The first-order chi connectivity index (χ1) is 11.7. The third-order valence-electron chi connectivity index (χ3n) is 5.01. The van der Waals surface area contributed by atoms with E-state index in [-0.39, 0.29) is 17.7 Å². The molecular formula is C20H31NO3Si. The Morgan fingerprint density at radius 1 is 1.16 bits per heavy atom. The number of carbonyl (C=O) groups is 1. The largest absolute Gasteiger partial charge is 0.532 e. The highest BCUT2D eigenvalue weighted by atomic mass is 28.4. The summed E-state index contributed by atoms with van der Waals surface area (Å²) in [4.78, 5) is 14.3. The third-order valence-corrected chi connectivity index (χ3v) is 9.34. The second-order valence-corrected chi connectivity index (χ2v) is 12.8. The zero-order valence-corrected chi connectivity index (χ0v) is 17.2. The van der Waals surface area contributed by atoms with Crippen molar-refractivity contribution < 1.29 is 14.0 Å². The van der Waals surface area contributed by atoms with E-state index in [2.05, 4.69) is 39.9 Å². The Hall–Kier alpha value is -1.75. The summed E-state index contributed by atoms with van der Waals surface area (Å²) in [7, 11) is -2.01. The molecular weight excluding hydrogens is 330 g/mol. The van der Waals surface area contributed by atoms with Crippen molar-refractivity contribution in [3.63, 3.8) is 0 Å². The van der Waals surface area contributed by atoms with Crippen molar-refractivity contribution in [3.8, 4) is 0 Å². The molecule has 2 rings (SSSR count). The van der Waals surface area contributed by atoms with E-state index in [9.17, 15) is 4.79 Å². The molecule has 0 aromatic heterocycles. The number of amides is 1. The van der Waals surface area contributed by atoms with Crippen molar-refractivity contribution in [2.75, 3.05) is 6.54 Å². The van der Waals surface area contributed by atoms with Gasteiger partial charge in [0.15, 0.2) is 5.88 Å². The molecule has 0 saturated heterocycles. The average Bonchev–Trinajstić information content (AvgIpc) is 2.77. The van der Waals surface area contributed by atoms with Gasteiger partial charge in [0.05, 0.1) is 0 Å². The van der Waals surface area contributed by atoms with Gasteiger partial charge in [0.25, 0.3) is 8.32 Å². The Bertz CT molecular complexity index is 605. The monoisotopic (exact) mass is 361 g/mol. The summed E-state index contributed by atoms with van der Waals surface area (Å²) in [6, 6.07) is 9.76. The van der Waals surface area contributed by atoms with E-state index in [1.54, 1.807) is 4.90 Å². The molecule has 0 radical (unpaired) electrons. The van der Waals surface area contributed by atoms with E-state index in [4.69, 9.17) is 9.16 Å². The van der Waals surface area contributed by atoms with Crippen molar-refractivity contribution in [1.29, 1.82) is 0 Å². The summed E-state index contributed by atoms with van der Waals surface area (Å²) in [5, 5.41) is 0.0831. The fraction of sp³-hybridized carbons (Fsp3) is 0.550. The lowest BCUT2D eigenvalue weighted by Crippen LogP contribution is -2.44. The maximum absolute atomic E-state index is 12.7. The van der Waals surface area contributed by atoms with E-state index in [0.717, 1.165) is 24.8 Å². The second kappa shape index (κ2) is 8.08. The molecule has 0 spiro atoms. The normalized spacial score (nSPS) is 16.0. The van der Waals surface area contributed by atoms with Crippen LogP contribution in [0.3, 0.4) is 0 Å². The minimum absolute atomic E-state index is 0.0831. The summed E-state index contributed by atoms with van der Waals surface area (Å²) in [6.45, 7) is 11.9. The molecule has 0 fully saturated rings. The molecule has 0 aliphatic carbocycles. The first kappa shape index (κ1) is 19.6. The topological polar surface area (TPSA) is 38.8 Å². The molecule has 1 aromatic carbocycles. The summed E-state index contributed by atoms with van der Waals surface area (Å²) in [5.41, 5.74) is 0.988. The minimum Gasteiger partial charge on any atom is -0.532 e. The van der Waals surface area contributed by atoms with Crippen LogP contribution in [0.5, 0.6) is 0 Å². The van der Waals surface area contributed by atoms with Crippen LogP contribution in [0.25, 0.3) is 0 Å². The average molecular weight is 362 g/mol. The highest BCUT2D eigenvalue weighted by molar-refractivity contribution is 6.74. The summed E-state index contributed by atoms with van der Waals surface area (Å²) >= 11 is 0. The molecule has 0 atom stereocenters. The zero-order chi connectivity index (χ0) is 18.5. The van der Waals surface area contributed by atoms with Gasteiger partial charge in [-0.3, -0.25) is 0 Å². The van der Waals surface area contributed by atoms with Gasteiger partial charge in [-0.05, 0) is 49.0 Å². The van der Waals surface area contributed by atoms with Crippen LogP contribution >= 0.6 is 0 Å². The molecule has 5 heteroatoms. The quantitative estimate of drug-likeness (QED) is 0.648. The molecule has 1 aromatic rings. The molecule has 1 aliphatic rings. The van der Waals surface area contributed by atoms with Gasteiger partial charge in [-0.25, -0.2) is 9.69 Å². The van der Waals surface area contributed by atoms with Crippen LogP contribution in [0.4, 0.5) is 4.79 Å². The Labute approximate surface area is 152 Å². The zero-order valence-electron chi connectivity index (χ0n) is 16.2. The first-order valence-electron chi connectivity index (χ1n) is 9.08. The number of nitrogens with zero attached hydrogens (tertiary/aromatic N) is 1. The Morgan fingerprint density at radius 2 is 1.84 bits per heavy atom. The molecule has 1 aliphatic heterocycles. The molecule has 0 unspecified atom stereocenters. The highest BCUT2D eigenvalue weighted by Gasteiger charge is 2.41. The van der Waals surface area contributed by atoms with Crippen LogP contribution in [0.1, 0.15) is 45.6 Å². The first-order valence-corrected chi connectivity index (χ1v) is 12.0. The van der Waals surface area contributed by atoms with Gasteiger partial charge in [-0.2, -0.15) is 0 Å². The Balaban J connectivity index is 2.08. The van der Waals surface area contributed by atoms with Crippen molar-refractivity contribution in [3.05, 3.63) is 47.9 Å².